The molecule has 1 amide bonds. The Morgan fingerprint density at radius 3 is 2.66 bits per heavy atom. The number of ether oxygens (including phenoxy) is 1. The summed E-state index contributed by atoms with van der Waals surface area (Å²) in [5.41, 5.74) is 2.72. The molecule has 0 aliphatic rings. The Balaban J connectivity index is 1.42. The van der Waals surface area contributed by atoms with Crippen molar-refractivity contribution in [1.29, 1.82) is 0 Å². The highest BCUT2D eigenvalue weighted by atomic mass is 79.9. The van der Waals surface area contributed by atoms with E-state index in [1.165, 1.54) is 6.07 Å². The summed E-state index contributed by atoms with van der Waals surface area (Å²) in [4.78, 5) is 12.8. The van der Waals surface area contributed by atoms with Gasteiger partial charge in [-0.25, -0.2) is 4.39 Å². The second-order valence-corrected chi connectivity index (χ2v) is 8.15. The van der Waals surface area contributed by atoms with Crippen molar-refractivity contribution in [2.75, 3.05) is 5.32 Å². The summed E-state index contributed by atoms with van der Waals surface area (Å²) in [5, 5.41) is 7.22. The average molecular weight is 494 g/mol. The van der Waals surface area contributed by atoms with Crippen LogP contribution < -0.4 is 10.1 Å². The number of aromatic nitrogens is 2. The number of carbonyl (C=O) groups is 1. The molecule has 4 aromatic rings. The van der Waals surface area contributed by atoms with E-state index >= 15 is 0 Å². The third-order valence-electron chi connectivity index (χ3n) is 4.92. The third kappa shape index (κ3) is 5.23. The Hall–Kier alpha value is -3.45. The molecule has 0 saturated carbocycles. The molecule has 0 aliphatic carbocycles. The van der Waals surface area contributed by atoms with Gasteiger partial charge in [-0.3, -0.25) is 9.48 Å². The van der Waals surface area contributed by atoms with Crippen LogP contribution in [0.3, 0.4) is 0 Å². The number of nitrogens with one attached hydrogen (secondary N) is 1. The molecule has 0 aliphatic heterocycles. The molecule has 32 heavy (non-hydrogen) atoms. The number of benzene rings is 3. The Morgan fingerprint density at radius 1 is 1.06 bits per heavy atom. The van der Waals surface area contributed by atoms with Gasteiger partial charge in [-0.2, -0.15) is 5.10 Å². The summed E-state index contributed by atoms with van der Waals surface area (Å²) >= 11 is 3.46. The maximum atomic E-state index is 14.0. The number of carbonyl (C=O) groups excluding carboxylic acids is 1. The van der Waals surface area contributed by atoms with Crippen LogP contribution in [0.2, 0.25) is 0 Å². The minimum Gasteiger partial charge on any atom is -0.488 e. The number of rotatable bonds is 7. The third-order valence-corrected chi connectivity index (χ3v) is 5.58. The van der Waals surface area contributed by atoms with Crippen LogP contribution in [-0.4, -0.2) is 15.7 Å². The Labute approximate surface area is 194 Å². The molecule has 0 radical (unpaired) electrons. The molecule has 1 aromatic heterocycles. The monoisotopic (exact) mass is 493 g/mol. The number of nitrogens with zero attached hydrogens (tertiary/aromatic N) is 2. The zero-order chi connectivity index (χ0) is 22.5. The van der Waals surface area contributed by atoms with Crippen LogP contribution in [0.4, 0.5) is 10.2 Å². The first-order valence-electron chi connectivity index (χ1n) is 10.0. The van der Waals surface area contributed by atoms with E-state index in [9.17, 15) is 9.18 Å². The van der Waals surface area contributed by atoms with Gasteiger partial charge < -0.3 is 10.1 Å². The molecule has 7 heteroatoms. The lowest BCUT2D eigenvalue weighted by Crippen LogP contribution is -2.13. The predicted octanol–water partition coefficient (Wildman–Crippen LogP) is 5.97. The Morgan fingerprint density at radius 2 is 1.84 bits per heavy atom. The van der Waals surface area contributed by atoms with Crippen LogP contribution in [0.15, 0.2) is 83.3 Å². The molecule has 0 unspecified atom stereocenters. The summed E-state index contributed by atoms with van der Waals surface area (Å²) in [6.45, 7) is 2.49. The highest BCUT2D eigenvalue weighted by Gasteiger charge is 2.12. The number of amides is 1. The van der Waals surface area contributed by atoms with Crippen LogP contribution in [0.1, 0.15) is 27.2 Å². The highest BCUT2D eigenvalue weighted by Crippen LogP contribution is 2.25. The van der Waals surface area contributed by atoms with Crippen LogP contribution in [-0.2, 0) is 13.2 Å². The molecule has 0 atom stereocenters. The summed E-state index contributed by atoms with van der Waals surface area (Å²) in [7, 11) is 0. The lowest BCUT2D eigenvalue weighted by molar-refractivity contribution is 0.102. The first-order valence-corrected chi connectivity index (χ1v) is 10.8. The number of hydrogen-bond acceptors (Lipinski definition) is 3. The minimum atomic E-state index is -0.283. The van der Waals surface area contributed by atoms with Crippen LogP contribution in [0.25, 0.3) is 0 Å². The zero-order valence-electron chi connectivity index (χ0n) is 17.4. The SMILES string of the molecule is Cc1cc(NC(=O)c2cccc(COc3ccccc3Br)c2)nn1Cc1ccccc1F. The van der Waals surface area contributed by atoms with Gasteiger partial charge in [-0.05, 0) is 58.7 Å². The van der Waals surface area contributed by atoms with E-state index in [-0.39, 0.29) is 18.3 Å². The second-order valence-electron chi connectivity index (χ2n) is 7.29. The number of anilines is 1. The fraction of sp³-hybridized carbons (Fsp3) is 0.120. The largest absolute Gasteiger partial charge is 0.488 e. The molecular formula is C25H21BrFN3O2. The van der Waals surface area contributed by atoms with Gasteiger partial charge in [0.1, 0.15) is 18.2 Å². The molecule has 5 nitrogen and oxygen atoms in total. The van der Waals surface area contributed by atoms with Gasteiger partial charge in [-0.1, -0.05) is 42.5 Å². The molecule has 0 bridgehead atoms. The van der Waals surface area contributed by atoms with Gasteiger partial charge in [-0.15, -0.1) is 0 Å². The topological polar surface area (TPSA) is 56.1 Å². The molecule has 4 rings (SSSR count). The lowest BCUT2D eigenvalue weighted by Gasteiger charge is -2.09. The van der Waals surface area contributed by atoms with E-state index in [1.807, 2.05) is 43.3 Å². The first kappa shape index (κ1) is 21.8. The maximum absolute atomic E-state index is 14.0. The minimum absolute atomic E-state index is 0.275. The van der Waals surface area contributed by atoms with Crippen molar-refractivity contribution in [2.45, 2.75) is 20.1 Å². The molecule has 0 spiro atoms. The van der Waals surface area contributed by atoms with Gasteiger partial charge in [0.05, 0.1) is 11.0 Å². The quantitative estimate of drug-likeness (QED) is 0.344. The van der Waals surface area contributed by atoms with Crippen LogP contribution in [0, 0.1) is 12.7 Å². The second kappa shape index (κ2) is 9.78. The normalized spacial score (nSPS) is 10.7. The van der Waals surface area contributed by atoms with Gasteiger partial charge in [0.25, 0.3) is 5.91 Å². The molecular weight excluding hydrogens is 473 g/mol. The summed E-state index contributed by atoms with van der Waals surface area (Å²) in [6.07, 6.45) is 0. The smallest absolute Gasteiger partial charge is 0.256 e. The summed E-state index contributed by atoms with van der Waals surface area (Å²) < 4.78 is 22.3. The van der Waals surface area contributed by atoms with Crippen molar-refractivity contribution in [3.05, 3.63) is 112 Å². The van der Waals surface area contributed by atoms with Gasteiger partial charge in [0, 0.05) is 22.9 Å². The lowest BCUT2D eigenvalue weighted by atomic mass is 10.1. The van der Waals surface area contributed by atoms with Crippen molar-refractivity contribution in [2.24, 2.45) is 0 Å². The van der Waals surface area contributed by atoms with Gasteiger partial charge in [0.2, 0.25) is 0 Å². The fourth-order valence-corrected chi connectivity index (χ4v) is 3.63. The van der Waals surface area contributed by atoms with Crippen molar-refractivity contribution in [3.63, 3.8) is 0 Å². The molecule has 1 N–H and O–H groups in total. The van der Waals surface area contributed by atoms with E-state index in [1.54, 1.807) is 41.1 Å². The molecule has 3 aromatic carbocycles. The van der Waals surface area contributed by atoms with E-state index in [4.69, 9.17) is 4.74 Å². The van der Waals surface area contributed by atoms with Crippen LogP contribution >= 0.6 is 15.9 Å². The highest BCUT2D eigenvalue weighted by molar-refractivity contribution is 9.10. The Bertz CT molecular complexity index is 1260. The number of hydrogen-bond donors (Lipinski definition) is 1. The maximum Gasteiger partial charge on any atom is 0.256 e. The standard InChI is InChI=1S/C25H21BrFN3O2/c1-17-13-24(29-30(17)15-20-8-2-4-11-22(20)27)28-25(31)19-9-6-7-18(14-19)16-32-23-12-5-3-10-21(23)26/h2-14H,15-16H2,1H3,(H,28,29,31). The van der Waals surface area contributed by atoms with E-state index in [0.717, 1.165) is 21.5 Å². The molecule has 162 valence electrons. The molecule has 1 heterocycles. The summed E-state index contributed by atoms with van der Waals surface area (Å²) in [6, 6.07) is 23.2. The fourth-order valence-electron chi connectivity index (χ4n) is 3.23. The first-order chi connectivity index (χ1) is 15.5. The molecule has 0 fully saturated rings. The van der Waals surface area contributed by atoms with E-state index in [2.05, 4.69) is 26.3 Å². The number of para-hydroxylation sites is 1. The van der Waals surface area contributed by atoms with Crippen LogP contribution in [0.5, 0.6) is 5.75 Å². The predicted molar refractivity (Wildman–Crippen MR) is 125 cm³/mol. The summed E-state index contributed by atoms with van der Waals surface area (Å²) in [5.74, 6) is 0.592. The van der Waals surface area contributed by atoms with Crippen molar-refractivity contribution in [1.82, 2.24) is 9.78 Å². The van der Waals surface area contributed by atoms with Gasteiger partial charge >= 0.3 is 0 Å². The average Bonchev–Trinajstić information content (AvgIpc) is 3.13. The van der Waals surface area contributed by atoms with Crippen molar-refractivity contribution < 1.29 is 13.9 Å². The van der Waals surface area contributed by atoms with Gasteiger partial charge in [0.15, 0.2) is 5.82 Å². The van der Waals surface area contributed by atoms with Crippen molar-refractivity contribution in [3.8, 4) is 5.75 Å². The van der Waals surface area contributed by atoms with Crippen molar-refractivity contribution >= 4 is 27.7 Å². The van der Waals surface area contributed by atoms with E-state index < -0.39 is 0 Å². The number of aryl methyl sites for hydroxylation is 1. The number of halogens is 2. The van der Waals surface area contributed by atoms with E-state index in [0.29, 0.717) is 23.6 Å². The zero-order valence-corrected chi connectivity index (χ0v) is 19.0. The molecule has 0 saturated heterocycles. The Kier molecular flexibility index (Phi) is 6.66.